The maximum absolute atomic E-state index is 12.3. The van der Waals surface area contributed by atoms with E-state index in [1.165, 1.54) is 14.2 Å². The second-order valence-electron chi connectivity index (χ2n) is 5.13. The highest BCUT2D eigenvalue weighted by Gasteiger charge is 2.20. The summed E-state index contributed by atoms with van der Waals surface area (Å²) in [6.07, 6.45) is 0. The van der Waals surface area contributed by atoms with Crippen LogP contribution in [-0.2, 0) is 9.53 Å². The largest absolute Gasteiger partial charge is 0.496 e. The molecular weight excluding hydrogens is 390 g/mol. The van der Waals surface area contributed by atoms with Crippen LogP contribution in [0, 0.1) is 6.92 Å². The first-order chi connectivity index (χ1) is 12.0. The number of hydrogen-bond donors (Lipinski definition) is 1. The van der Waals surface area contributed by atoms with Gasteiger partial charge in [0.1, 0.15) is 17.1 Å². The topological polar surface area (TPSA) is 73.9 Å². The summed E-state index contributed by atoms with van der Waals surface area (Å²) in [6.45, 7) is 1.52. The molecule has 0 saturated heterocycles. The minimum absolute atomic E-state index is 0.137. The van der Waals surface area contributed by atoms with Crippen molar-refractivity contribution in [3.63, 3.8) is 0 Å². The fourth-order valence-corrected chi connectivity index (χ4v) is 2.50. The Hall–Kier alpha value is -2.54. The molecular formula is C18H18BrNO5. The summed E-state index contributed by atoms with van der Waals surface area (Å²) in [5, 5.41) is 2.67. The molecule has 0 aliphatic rings. The number of nitrogens with one attached hydrogen (secondary N) is 1. The molecule has 0 heterocycles. The molecule has 2 aromatic rings. The average molecular weight is 408 g/mol. The predicted octanol–water partition coefficient (Wildman–Crippen LogP) is 3.57. The van der Waals surface area contributed by atoms with Gasteiger partial charge in [0.05, 0.1) is 14.2 Å². The number of ether oxygens (including phenoxy) is 3. The summed E-state index contributed by atoms with van der Waals surface area (Å²) in [5.41, 5.74) is 1.79. The zero-order chi connectivity index (χ0) is 18.4. The van der Waals surface area contributed by atoms with Gasteiger partial charge < -0.3 is 19.5 Å². The van der Waals surface area contributed by atoms with E-state index in [-0.39, 0.29) is 5.56 Å². The number of methoxy groups -OCH3 is 2. The SMILES string of the molecule is COc1cccc(OC)c1C(=O)OCC(=O)Nc1ccc(C)c(Br)c1. The van der Waals surface area contributed by atoms with E-state index in [0.717, 1.165) is 10.0 Å². The molecule has 0 aliphatic carbocycles. The summed E-state index contributed by atoms with van der Waals surface area (Å²) in [5.74, 6) is -0.521. The van der Waals surface area contributed by atoms with Crippen molar-refractivity contribution in [2.24, 2.45) is 0 Å². The zero-order valence-electron chi connectivity index (χ0n) is 14.1. The third-order valence-corrected chi connectivity index (χ3v) is 4.28. The number of aryl methyl sites for hydroxylation is 1. The van der Waals surface area contributed by atoms with E-state index in [2.05, 4.69) is 21.2 Å². The Labute approximate surface area is 154 Å². The van der Waals surface area contributed by atoms with Crippen LogP contribution in [0.1, 0.15) is 15.9 Å². The normalized spacial score (nSPS) is 10.1. The fourth-order valence-electron chi connectivity index (χ4n) is 2.12. The maximum Gasteiger partial charge on any atom is 0.346 e. The number of carbonyl (C=O) groups is 2. The van der Waals surface area contributed by atoms with Gasteiger partial charge in [0.25, 0.3) is 5.91 Å². The van der Waals surface area contributed by atoms with Crippen molar-refractivity contribution in [1.29, 1.82) is 0 Å². The first-order valence-corrected chi connectivity index (χ1v) is 8.19. The van der Waals surface area contributed by atoms with Crippen molar-refractivity contribution < 1.29 is 23.8 Å². The molecule has 0 saturated carbocycles. The number of anilines is 1. The maximum atomic E-state index is 12.3. The highest BCUT2D eigenvalue weighted by atomic mass is 79.9. The molecule has 0 aliphatic heterocycles. The first-order valence-electron chi connectivity index (χ1n) is 7.40. The third-order valence-electron chi connectivity index (χ3n) is 3.42. The summed E-state index contributed by atoms with van der Waals surface area (Å²) < 4.78 is 16.3. The highest BCUT2D eigenvalue weighted by Crippen LogP contribution is 2.28. The van der Waals surface area contributed by atoms with E-state index in [4.69, 9.17) is 14.2 Å². The summed E-state index contributed by atoms with van der Waals surface area (Å²) in [4.78, 5) is 24.3. The lowest BCUT2D eigenvalue weighted by atomic mass is 10.2. The number of halogens is 1. The van der Waals surface area contributed by atoms with Gasteiger partial charge in [0, 0.05) is 10.2 Å². The van der Waals surface area contributed by atoms with Crippen molar-refractivity contribution in [2.75, 3.05) is 26.1 Å². The van der Waals surface area contributed by atoms with Crippen LogP contribution >= 0.6 is 15.9 Å². The van der Waals surface area contributed by atoms with Gasteiger partial charge in [0.15, 0.2) is 6.61 Å². The zero-order valence-corrected chi connectivity index (χ0v) is 15.7. The second kappa shape index (κ2) is 8.53. The molecule has 0 fully saturated rings. The lowest BCUT2D eigenvalue weighted by molar-refractivity contribution is -0.119. The summed E-state index contributed by atoms with van der Waals surface area (Å²) in [7, 11) is 2.88. The number of hydrogen-bond acceptors (Lipinski definition) is 5. The fraction of sp³-hybridized carbons (Fsp3) is 0.222. The second-order valence-corrected chi connectivity index (χ2v) is 5.98. The van der Waals surface area contributed by atoms with Crippen LogP contribution in [-0.4, -0.2) is 32.7 Å². The number of benzene rings is 2. The summed E-state index contributed by atoms with van der Waals surface area (Å²) >= 11 is 3.40. The molecule has 1 N–H and O–H groups in total. The molecule has 2 rings (SSSR count). The Morgan fingerprint density at radius 1 is 1.08 bits per heavy atom. The Balaban J connectivity index is 2.02. The Kier molecular flexibility index (Phi) is 6.41. The lowest BCUT2D eigenvalue weighted by Crippen LogP contribution is -2.21. The number of amides is 1. The van der Waals surface area contributed by atoms with E-state index in [1.54, 1.807) is 30.3 Å². The Morgan fingerprint density at radius 3 is 2.28 bits per heavy atom. The lowest BCUT2D eigenvalue weighted by Gasteiger charge is -2.12. The minimum atomic E-state index is -0.700. The van der Waals surface area contributed by atoms with Crippen LogP contribution in [0.5, 0.6) is 11.5 Å². The van der Waals surface area contributed by atoms with E-state index in [0.29, 0.717) is 17.2 Å². The van der Waals surface area contributed by atoms with Crippen LogP contribution in [0.25, 0.3) is 0 Å². The molecule has 0 bridgehead atoms. The van der Waals surface area contributed by atoms with E-state index in [9.17, 15) is 9.59 Å². The van der Waals surface area contributed by atoms with Gasteiger partial charge in [0.2, 0.25) is 0 Å². The van der Waals surface area contributed by atoms with Crippen molar-refractivity contribution in [2.45, 2.75) is 6.92 Å². The molecule has 1 amide bonds. The van der Waals surface area contributed by atoms with Gasteiger partial charge in [-0.25, -0.2) is 4.79 Å². The molecule has 25 heavy (non-hydrogen) atoms. The van der Waals surface area contributed by atoms with Crippen LogP contribution in [0.2, 0.25) is 0 Å². The van der Waals surface area contributed by atoms with E-state index >= 15 is 0 Å². The molecule has 6 nitrogen and oxygen atoms in total. The Morgan fingerprint density at radius 2 is 1.72 bits per heavy atom. The van der Waals surface area contributed by atoms with Crippen LogP contribution in [0.15, 0.2) is 40.9 Å². The van der Waals surface area contributed by atoms with Crippen molar-refractivity contribution >= 4 is 33.5 Å². The van der Waals surface area contributed by atoms with E-state index < -0.39 is 18.5 Å². The van der Waals surface area contributed by atoms with Crippen molar-refractivity contribution in [3.8, 4) is 11.5 Å². The van der Waals surface area contributed by atoms with Gasteiger partial charge in [-0.2, -0.15) is 0 Å². The molecule has 0 atom stereocenters. The molecule has 2 aromatic carbocycles. The average Bonchev–Trinajstić information content (AvgIpc) is 2.62. The summed E-state index contributed by atoms with van der Waals surface area (Å²) in [6, 6.07) is 10.3. The van der Waals surface area contributed by atoms with Crippen LogP contribution in [0.4, 0.5) is 5.69 Å². The van der Waals surface area contributed by atoms with Gasteiger partial charge in [-0.3, -0.25) is 4.79 Å². The number of rotatable bonds is 6. The predicted molar refractivity (Wildman–Crippen MR) is 97.3 cm³/mol. The molecule has 0 unspecified atom stereocenters. The van der Waals surface area contributed by atoms with Gasteiger partial charge >= 0.3 is 5.97 Å². The van der Waals surface area contributed by atoms with Gasteiger partial charge in [-0.15, -0.1) is 0 Å². The van der Waals surface area contributed by atoms with Crippen molar-refractivity contribution in [3.05, 3.63) is 52.0 Å². The highest BCUT2D eigenvalue weighted by molar-refractivity contribution is 9.10. The quantitative estimate of drug-likeness (QED) is 0.740. The number of esters is 1. The van der Waals surface area contributed by atoms with Gasteiger partial charge in [-0.1, -0.05) is 28.1 Å². The van der Waals surface area contributed by atoms with Crippen LogP contribution < -0.4 is 14.8 Å². The molecule has 7 heteroatoms. The third kappa shape index (κ3) is 4.73. The van der Waals surface area contributed by atoms with Crippen molar-refractivity contribution in [1.82, 2.24) is 0 Å². The minimum Gasteiger partial charge on any atom is -0.496 e. The molecule has 0 aromatic heterocycles. The van der Waals surface area contributed by atoms with E-state index in [1.807, 2.05) is 13.0 Å². The standard InChI is InChI=1S/C18H18BrNO5/c1-11-7-8-12(9-13(11)19)20-16(21)10-25-18(22)17-14(23-2)5-4-6-15(17)24-3/h4-9H,10H2,1-3H3,(H,20,21). The monoisotopic (exact) mass is 407 g/mol. The first kappa shape index (κ1) is 18.8. The smallest absolute Gasteiger partial charge is 0.346 e. The Bertz CT molecular complexity index is 769. The molecule has 0 spiro atoms. The number of carbonyl (C=O) groups excluding carboxylic acids is 2. The van der Waals surface area contributed by atoms with Crippen LogP contribution in [0.3, 0.4) is 0 Å². The molecule has 0 radical (unpaired) electrons. The van der Waals surface area contributed by atoms with Gasteiger partial charge in [-0.05, 0) is 36.8 Å². The molecule has 132 valence electrons.